The minimum atomic E-state index is -0.515. The van der Waals surface area contributed by atoms with Crippen molar-refractivity contribution in [2.75, 3.05) is 49.2 Å². The summed E-state index contributed by atoms with van der Waals surface area (Å²) in [5.74, 6) is 1.12. The Morgan fingerprint density at radius 1 is 1.10 bits per heavy atom. The Bertz CT molecular complexity index is 961. The Morgan fingerprint density at radius 2 is 2.00 bits per heavy atom. The van der Waals surface area contributed by atoms with Crippen LogP contribution >= 0.6 is 11.3 Å². The van der Waals surface area contributed by atoms with Crippen molar-refractivity contribution in [3.8, 4) is 0 Å². The van der Waals surface area contributed by atoms with Gasteiger partial charge in [-0.3, -0.25) is 0 Å². The molecule has 1 unspecified atom stereocenters. The summed E-state index contributed by atoms with van der Waals surface area (Å²) in [6, 6.07) is 6.44. The number of anilines is 2. The van der Waals surface area contributed by atoms with Crippen LogP contribution in [0.15, 0.2) is 36.1 Å². The molecule has 4 heterocycles. The molecule has 0 aliphatic carbocycles. The van der Waals surface area contributed by atoms with E-state index in [-0.39, 0.29) is 5.92 Å². The molecule has 3 aromatic rings. The molecule has 2 aromatic heterocycles. The van der Waals surface area contributed by atoms with Crippen LogP contribution in [-0.4, -0.2) is 59.5 Å². The minimum absolute atomic E-state index is 0.160. The highest BCUT2D eigenvalue weighted by molar-refractivity contribution is 7.09. The van der Waals surface area contributed by atoms with Crippen LogP contribution in [0.2, 0.25) is 0 Å². The number of rotatable bonds is 4. The molecule has 7 nitrogen and oxygen atoms in total. The number of hydrogen-bond donors (Lipinski definition) is 1. The van der Waals surface area contributed by atoms with E-state index in [2.05, 4.69) is 43.0 Å². The van der Waals surface area contributed by atoms with Crippen LogP contribution in [0.25, 0.3) is 10.9 Å². The average Bonchev–Trinajstić information content (AvgIpc) is 3.33. The molecule has 2 aliphatic rings. The monoisotopic (exact) mass is 411 g/mol. The summed E-state index contributed by atoms with van der Waals surface area (Å²) in [5, 5.41) is 14.6. The van der Waals surface area contributed by atoms with E-state index in [0.717, 1.165) is 74.0 Å². The number of aliphatic hydroxyl groups is 1. The summed E-state index contributed by atoms with van der Waals surface area (Å²) < 4.78 is 5.47. The number of piperidine rings is 1. The molecule has 1 aromatic carbocycles. The van der Waals surface area contributed by atoms with Crippen molar-refractivity contribution in [3.05, 3.63) is 41.1 Å². The standard InChI is InChI=1S/C21H25N5O2S/c27-19(21-22-5-11-29-21)15-2-1-6-26(13-15)20-17-4-3-16(12-18(17)23-14-24-20)25-7-9-28-10-8-25/h3-5,11-12,14-15,19,27H,1-2,6-10,13H2/t15?,19-/m0/s1. The zero-order valence-electron chi connectivity index (χ0n) is 16.3. The predicted octanol–water partition coefficient (Wildman–Crippen LogP) is 2.87. The van der Waals surface area contributed by atoms with E-state index >= 15 is 0 Å². The van der Waals surface area contributed by atoms with Gasteiger partial charge < -0.3 is 19.6 Å². The van der Waals surface area contributed by atoms with Crippen molar-refractivity contribution in [2.24, 2.45) is 5.92 Å². The second-order valence-electron chi connectivity index (χ2n) is 7.66. The maximum Gasteiger partial charge on any atom is 0.139 e. The number of fused-ring (bicyclic) bond motifs is 1. The second kappa shape index (κ2) is 8.22. The highest BCUT2D eigenvalue weighted by Crippen LogP contribution is 2.34. The Balaban J connectivity index is 1.40. The third-order valence-corrected chi connectivity index (χ3v) is 6.73. The molecule has 2 aliphatic heterocycles. The normalized spacial score (nSPS) is 21.5. The number of aromatic nitrogens is 3. The fourth-order valence-electron chi connectivity index (χ4n) is 4.34. The lowest BCUT2D eigenvalue weighted by Crippen LogP contribution is -2.38. The van der Waals surface area contributed by atoms with Gasteiger partial charge in [-0.15, -0.1) is 11.3 Å². The van der Waals surface area contributed by atoms with Crippen molar-refractivity contribution in [3.63, 3.8) is 0 Å². The van der Waals surface area contributed by atoms with Crippen LogP contribution in [0.1, 0.15) is 24.0 Å². The van der Waals surface area contributed by atoms with E-state index in [1.165, 1.54) is 17.0 Å². The van der Waals surface area contributed by atoms with Crippen molar-refractivity contribution in [1.82, 2.24) is 15.0 Å². The molecule has 0 spiro atoms. The van der Waals surface area contributed by atoms with Crippen molar-refractivity contribution >= 4 is 33.7 Å². The molecule has 0 amide bonds. The van der Waals surface area contributed by atoms with Gasteiger partial charge in [-0.1, -0.05) is 0 Å². The zero-order valence-corrected chi connectivity index (χ0v) is 17.1. The first-order chi connectivity index (χ1) is 14.3. The number of nitrogens with zero attached hydrogens (tertiary/aromatic N) is 5. The van der Waals surface area contributed by atoms with Gasteiger partial charge in [0.25, 0.3) is 0 Å². The first kappa shape index (κ1) is 18.7. The van der Waals surface area contributed by atoms with E-state index < -0.39 is 6.10 Å². The van der Waals surface area contributed by atoms with Crippen LogP contribution in [0, 0.1) is 5.92 Å². The van der Waals surface area contributed by atoms with Gasteiger partial charge in [-0.2, -0.15) is 0 Å². The molecule has 2 fully saturated rings. The lowest BCUT2D eigenvalue weighted by Gasteiger charge is -2.35. The summed E-state index contributed by atoms with van der Waals surface area (Å²) >= 11 is 1.52. The highest BCUT2D eigenvalue weighted by Gasteiger charge is 2.29. The quantitative estimate of drug-likeness (QED) is 0.707. The van der Waals surface area contributed by atoms with Crippen molar-refractivity contribution < 1.29 is 9.84 Å². The van der Waals surface area contributed by atoms with E-state index in [9.17, 15) is 5.11 Å². The first-order valence-electron chi connectivity index (χ1n) is 10.2. The number of ether oxygens (including phenoxy) is 1. The van der Waals surface area contributed by atoms with E-state index in [0.29, 0.717) is 0 Å². The molecular formula is C21H25N5O2S. The molecule has 1 N–H and O–H groups in total. The largest absolute Gasteiger partial charge is 0.386 e. The molecule has 5 rings (SSSR count). The van der Waals surface area contributed by atoms with E-state index in [4.69, 9.17) is 4.74 Å². The van der Waals surface area contributed by atoms with Crippen LogP contribution in [0.3, 0.4) is 0 Å². The summed E-state index contributed by atoms with van der Waals surface area (Å²) in [5.41, 5.74) is 2.14. The molecule has 2 atom stereocenters. The van der Waals surface area contributed by atoms with Crippen molar-refractivity contribution in [1.29, 1.82) is 0 Å². The molecule has 2 saturated heterocycles. The van der Waals surface area contributed by atoms with Gasteiger partial charge in [0, 0.05) is 54.7 Å². The summed E-state index contributed by atoms with van der Waals surface area (Å²) in [4.78, 5) is 18.1. The molecule has 8 heteroatoms. The number of hydrogen-bond acceptors (Lipinski definition) is 8. The smallest absolute Gasteiger partial charge is 0.139 e. The lowest BCUT2D eigenvalue weighted by atomic mass is 9.92. The fourth-order valence-corrected chi connectivity index (χ4v) is 5.06. The Kier molecular flexibility index (Phi) is 5.30. The maximum absolute atomic E-state index is 10.8. The molecule has 0 saturated carbocycles. The lowest BCUT2D eigenvalue weighted by molar-refractivity contribution is 0.0977. The van der Waals surface area contributed by atoms with E-state index in [1.807, 2.05) is 5.38 Å². The van der Waals surface area contributed by atoms with Gasteiger partial charge in [0.1, 0.15) is 23.3 Å². The second-order valence-corrected chi connectivity index (χ2v) is 8.59. The summed E-state index contributed by atoms with van der Waals surface area (Å²) in [7, 11) is 0. The van der Waals surface area contributed by atoms with Gasteiger partial charge in [0.15, 0.2) is 0 Å². The number of aliphatic hydroxyl groups excluding tert-OH is 1. The van der Waals surface area contributed by atoms with Crippen LogP contribution in [0.5, 0.6) is 0 Å². The first-order valence-corrected chi connectivity index (χ1v) is 11.1. The maximum atomic E-state index is 10.8. The predicted molar refractivity (Wildman–Crippen MR) is 115 cm³/mol. The Labute approximate surface area is 174 Å². The van der Waals surface area contributed by atoms with Gasteiger partial charge in [-0.25, -0.2) is 15.0 Å². The summed E-state index contributed by atoms with van der Waals surface area (Å²) in [6.45, 7) is 5.07. The third kappa shape index (κ3) is 3.80. The van der Waals surface area contributed by atoms with Crippen molar-refractivity contribution in [2.45, 2.75) is 18.9 Å². The van der Waals surface area contributed by atoms with E-state index in [1.54, 1.807) is 12.5 Å². The molecule has 0 radical (unpaired) electrons. The van der Waals surface area contributed by atoms with Crippen LogP contribution < -0.4 is 9.80 Å². The molecule has 29 heavy (non-hydrogen) atoms. The Morgan fingerprint density at radius 3 is 2.83 bits per heavy atom. The SMILES string of the molecule is O[C@H](c1nccs1)C1CCCN(c2ncnc3cc(N4CCOCC4)ccc23)C1. The number of morpholine rings is 1. The minimum Gasteiger partial charge on any atom is -0.386 e. The fraction of sp³-hybridized carbons (Fsp3) is 0.476. The van der Waals surface area contributed by atoms with Gasteiger partial charge in [0.2, 0.25) is 0 Å². The average molecular weight is 412 g/mol. The Hall–Kier alpha value is -2.29. The van der Waals surface area contributed by atoms with Gasteiger partial charge >= 0.3 is 0 Å². The summed E-state index contributed by atoms with van der Waals surface area (Å²) in [6.07, 6.45) is 4.93. The van der Waals surface area contributed by atoms with Crippen LogP contribution in [-0.2, 0) is 4.74 Å². The number of benzene rings is 1. The zero-order chi connectivity index (χ0) is 19.6. The third-order valence-electron chi connectivity index (χ3n) is 5.88. The number of thiazole rings is 1. The molecule has 0 bridgehead atoms. The molecular weight excluding hydrogens is 386 g/mol. The topological polar surface area (TPSA) is 74.6 Å². The van der Waals surface area contributed by atoms with Gasteiger partial charge in [0.05, 0.1) is 18.7 Å². The highest BCUT2D eigenvalue weighted by atomic mass is 32.1. The van der Waals surface area contributed by atoms with Crippen LogP contribution in [0.4, 0.5) is 11.5 Å². The van der Waals surface area contributed by atoms with Gasteiger partial charge in [-0.05, 0) is 31.0 Å². The molecule has 152 valence electrons.